The molecule has 1 N–H and O–H groups in total. The maximum Gasteiger partial charge on any atom is 0.259 e. The van der Waals surface area contributed by atoms with Crippen LogP contribution in [0.3, 0.4) is 0 Å². The van der Waals surface area contributed by atoms with Gasteiger partial charge in [0.05, 0.1) is 22.3 Å². The Morgan fingerprint density at radius 2 is 1.93 bits per heavy atom. The van der Waals surface area contributed by atoms with Crippen LogP contribution in [0.1, 0.15) is 22.5 Å². The highest BCUT2D eigenvalue weighted by Gasteiger charge is 2.19. The Kier molecular flexibility index (Phi) is 5.87. The fraction of sp³-hybridized carbons (Fsp3) is 0.409. The summed E-state index contributed by atoms with van der Waals surface area (Å²) in [5.74, 6) is -0.112. The lowest BCUT2D eigenvalue weighted by molar-refractivity contribution is 0.0951. The fourth-order valence-corrected chi connectivity index (χ4v) is 3.70. The van der Waals surface area contributed by atoms with Gasteiger partial charge in [-0.1, -0.05) is 35.5 Å². The first-order chi connectivity index (χ1) is 14.1. The van der Waals surface area contributed by atoms with Crippen LogP contribution in [-0.4, -0.2) is 72.2 Å². The van der Waals surface area contributed by atoms with E-state index in [4.69, 9.17) is 4.52 Å². The van der Waals surface area contributed by atoms with E-state index in [0.29, 0.717) is 34.6 Å². The summed E-state index contributed by atoms with van der Waals surface area (Å²) in [5.41, 5.74) is 3.28. The summed E-state index contributed by atoms with van der Waals surface area (Å²) in [6.45, 7) is 7.87. The molecule has 3 heterocycles. The Balaban J connectivity index is 1.46. The minimum Gasteiger partial charge on any atom is -0.352 e. The molecule has 1 aliphatic rings. The van der Waals surface area contributed by atoms with Crippen molar-refractivity contribution < 1.29 is 9.32 Å². The Hall–Kier alpha value is -2.77. The minimum atomic E-state index is -0.112. The van der Waals surface area contributed by atoms with Crippen LogP contribution in [0, 0.1) is 6.92 Å². The number of piperazine rings is 1. The molecule has 1 saturated heterocycles. The van der Waals surface area contributed by atoms with Crippen molar-refractivity contribution in [2.45, 2.75) is 13.3 Å². The second-order valence-corrected chi connectivity index (χ2v) is 7.62. The Labute approximate surface area is 170 Å². The number of hydrogen-bond donors (Lipinski definition) is 1. The van der Waals surface area contributed by atoms with Crippen molar-refractivity contribution in [1.29, 1.82) is 0 Å². The molecule has 0 bridgehead atoms. The number of nitrogens with one attached hydrogen (secondary N) is 1. The third-order valence-electron chi connectivity index (χ3n) is 5.46. The predicted molar refractivity (Wildman–Crippen MR) is 113 cm³/mol. The van der Waals surface area contributed by atoms with Crippen LogP contribution >= 0.6 is 0 Å². The number of aryl methyl sites for hydroxylation is 1. The number of pyridine rings is 1. The van der Waals surface area contributed by atoms with Gasteiger partial charge in [0.1, 0.15) is 0 Å². The van der Waals surface area contributed by atoms with Gasteiger partial charge < -0.3 is 19.6 Å². The summed E-state index contributed by atoms with van der Waals surface area (Å²) in [6, 6.07) is 11.6. The molecule has 7 nitrogen and oxygen atoms in total. The van der Waals surface area contributed by atoms with Crippen molar-refractivity contribution in [2.24, 2.45) is 0 Å². The van der Waals surface area contributed by atoms with E-state index in [1.165, 1.54) is 0 Å². The zero-order valence-electron chi connectivity index (χ0n) is 17.0. The molecule has 29 heavy (non-hydrogen) atoms. The van der Waals surface area contributed by atoms with E-state index in [1.807, 2.05) is 43.3 Å². The molecule has 2 aromatic heterocycles. The van der Waals surface area contributed by atoms with Gasteiger partial charge in [0.2, 0.25) is 0 Å². The van der Waals surface area contributed by atoms with Crippen molar-refractivity contribution in [2.75, 3.05) is 46.3 Å². The standard InChI is InChI=1S/C22H27N5O2/c1-16-20-18(21(28)23-9-6-10-27-13-11-26(2)12-14-27)15-19(24-22(20)29-25-16)17-7-4-3-5-8-17/h3-5,7-8,15H,6,9-14H2,1-2H3,(H,23,28). The van der Waals surface area contributed by atoms with E-state index in [1.54, 1.807) is 0 Å². The van der Waals surface area contributed by atoms with E-state index >= 15 is 0 Å². The first kappa shape index (κ1) is 19.5. The molecule has 1 fully saturated rings. The lowest BCUT2D eigenvalue weighted by atomic mass is 10.1. The van der Waals surface area contributed by atoms with Crippen LogP contribution in [-0.2, 0) is 0 Å². The average molecular weight is 393 g/mol. The van der Waals surface area contributed by atoms with Crippen LogP contribution in [0.5, 0.6) is 0 Å². The quantitative estimate of drug-likeness (QED) is 0.649. The third kappa shape index (κ3) is 4.46. The highest BCUT2D eigenvalue weighted by Crippen LogP contribution is 2.26. The third-order valence-corrected chi connectivity index (χ3v) is 5.46. The average Bonchev–Trinajstić information content (AvgIpc) is 3.13. The van der Waals surface area contributed by atoms with Crippen molar-refractivity contribution in [1.82, 2.24) is 25.3 Å². The maximum atomic E-state index is 13.0. The Morgan fingerprint density at radius 3 is 2.69 bits per heavy atom. The number of likely N-dealkylation sites (N-methyl/N-ethyl adjacent to an activating group) is 1. The summed E-state index contributed by atoms with van der Waals surface area (Å²) in [5, 5.41) is 7.75. The summed E-state index contributed by atoms with van der Waals surface area (Å²) < 4.78 is 5.36. The second kappa shape index (κ2) is 8.71. The van der Waals surface area contributed by atoms with Gasteiger partial charge in [-0.3, -0.25) is 4.79 Å². The number of rotatable bonds is 6. The summed E-state index contributed by atoms with van der Waals surface area (Å²) in [7, 11) is 2.16. The fourth-order valence-electron chi connectivity index (χ4n) is 3.70. The minimum absolute atomic E-state index is 0.112. The highest BCUT2D eigenvalue weighted by atomic mass is 16.5. The second-order valence-electron chi connectivity index (χ2n) is 7.62. The molecule has 1 aromatic carbocycles. The van der Waals surface area contributed by atoms with Crippen molar-refractivity contribution in [3.8, 4) is 11.3 Å². The zero-order chi connectivity index (χ0) is 20.2. The molecule has 4 rings (SSSR count). The number of benzene rings is 1. The molecule has 0 radical (unpaired) electrons. The van der Waals surface area contributed by atoms with E-state index in [0.717, 1.165) is 44.7 Å². The molecule has 0 atom stereocenters. The van der Waals surface area contributed by atoms with Gasteiger partial charge in [-0.2, -0.15) is 0 Å². The van der Waals surface area contributed by atoms with Crippen LogP contribution in [0.4, 0.5) is 0 Å². The number of amides is 1. The van der Waals surface area contributed by atoms with E-state index in [2.05, 4.69) is 32.3 Å². The zero-order valence-corrected chi connectivity index (χ0v) is 17.0. The van der Waals surface area contributed by atoms with Gasteiger partial charge >= 0.3 is 0 Å². The summed E-state index contributed by atoms with van der Waals surface area (Å²) in [6.07, 6.45) is 0.928. The monoisotopic (exact) mass is 393 g/mol. The lowest BCUT2D eigenvalue weighted by Gasteiger charge is -2.32. The first-order valence-electron chi connectivity index (χ1n) is 10.1. The van der Waals surface area contributed by atoms with Crippen LogP contribution in [0.15, 0.2) is 40.9 Å². The van der Waals surface area contributed by atoms with E-state index < -0.39 is 0 Å². The molecule has 7 heteroatoms. The molecule has 0 unspecified atom stereocenters. The van der Waals surface area contributed by atoms with Gasteiger partial charge in [0.25, 0.3) is 11.6 Å². The van der Waals surface area contributed by atoms with E-state index in [-0.39, 0.29) is 5.91 Å². The number of aromatic nitrogens is 2. The maximum absolute atomic E-state index is 13.0. The summed E-state index contributed by atoms with van der Waals surface area (Å²) in [4.78, 5) is 22.3. The van der Waals surface area contributed by atoms with Crippen LogP contribution in [0.2, 0.25) is 0 Å². The molecule has 0 spiro atoms. The smallest absolute Gasteiger partial charge is 0.259 e. The molecule has 152 valence electrons. The number of hydrogen-bond acceptors (Lipinski definition) is 6. The lowest BCUT2D eigenvalue weighted by Crippen LogP contribution is -2.45. The molecule has 0 saturated carbocycles. The van der Waals surface area contributed by atoms with Crippen LogP contribution in [0.25, 0.3) is 22.4 Å². The van der Waals surface area contributed by atoms with Crippen LogP contribution < -0.4 is 5.32 Å². The van der Waals surface area contributed by atoms with E-state index in [9.17, 15) is 4.79 Å². The largest absolute Gasteiger partial charge is 0.352 e. The SMILES string of the molecule is Cc1noc2nc(-c3ccccc3)cc(C(=O)NCCCN3CCN(C)CC3)c12. The first-order valence-corrected chi connectivity index (χ1v) is 10.1. The topological polar surface area (TPSA) is 74.5 Å². The summed E-state index contributed by atoms with van der Waals surface area (Å²) >= 11 is 0. The molecule has 1 aliphatic heterocycles. The van der Waals surface area contributed by atoms with Crippen molar-refractivity contribution >= 4 is 17.0 Å². The van der Waals surface area contributed by atoms with Crippen molar-refractivity contribution in [3.63, 3.8) is 0 Å². The number of nitrogens with zero attached hydrogens (tertiary/aromatic N) is 4. The highest BCUT2D eigenvalue weighted by molar-refractivity contribution is 6.06. The number of carbonyl (C=O) groups is 1. The number of fused-ring (bicyclic) bond motifs is 1. The molecule has 1 amide bonds. The van der Waals surface area contributed by atoms with Gasteiger partial charge in [-0.25, -0.2) is 4.98 Å². The predicted octanol–water partition coefficient (Wildman–Crippen LogP) is 2.57. The molecule has 3 aromatic rings. The Bertz CT molecular complexity index is 978. The molecular weight excluding hydrogens is 366 g/mol. The number of carbonyl (C=O) groups excluding carboxylic acids is 1. The van der Waals surface area contributed by atoms with Gasteiger partial charge in [-0.15, -0.1) is 0 Å². The van der Waals surface area contributed by atoms with Crippen molar-refractivity contribution in [3.05, 3.63) is 47.7 Å². The van der Waals surface area contributed by atoms with Gasteiger partial charge in [0.15, 0.2) is 0 Å². The molecular formula is C22H27N5O2. The normalized spacial score (nSPS) is 15.7. The Morgan fingerprint density at radius 1 is 1.17 bits per heavy atom. The van der Waals surface area contributed by atoms with Gasteiger partial charge in [-0.05, 0) is 33.0 Å². The van der Waals surface area contributed by atoms with Gasteiger partial charge in [0, 0.05) is 38.3 Å². The molecule has 0 aliphatic carbocycles.